The summed E-state index contributed by atoms with van der Waals surface area (Å²) in [7, 11) is -3.70. The van der Waals surface area contributed by atoms with Crippen LogP contribution in [0.4, 0.5) is 11.4 Å². The van der Waals surface area contributed by atoms with Crippen LogP contribution in [0, 0.1) is 0 Å². The normalized spacial score (nSPS) is 11.0. The largest absolute Gasteiger partial charge is 0.457 e. The molecule has 0 aliphatic heterocycles. The molecule has 3 rings (SSSR count). The molecule has 0 saturated heterocycles. The molecule has 0 spiro atoms. The van der Waals surface area contributed by atoms with Crippen LogP contribution in [0.15, 0.2) is 78.9 Å². The Labute approximate surface area is 174 Å². The van der Waals surface area contributed by atoms with Crippen molar-refractivity contribution in [3.8, 4) is 11.5 Å². The number of para-hydroxylation sites is 2. The molecule has 0 fully saturated rings. The molecule has 1 N–H and O–H groups in total. The van der Waals surface area contributed by atoms with E-state index >= 15 is 0 Å². The number of rotatable bonds is 7. The molecule has 0 bridgehead atoms. The lowest BCUT2D eigenvalue weighted by molar-refractivity contribution is -0.114. The van der Waals surface area contributed by atoms with Crippen molar-refractivity contribution in [1.82, 2.24) is 0 Å². The number of hydrogen-bond donors (Lipinski definition) is 1. The highest BCUT2D eigenvalue weighted by Crippen LogP contribution is 2.27. The Morgan fingerprint density at radius 2 is 1.52 bits per heavy atom. The SMILES string of the molecule is CS(=O)(=O)N(CC(=O)Nc1ccc(Oc2ccccc2)cc1)c1ccccc1Cl. The number of ether oxygens (including phenoxy) is 1. The quantitative estimate of drug-likeness (QED) is 0.597. The Bertz CT molecular complexity index is 1090. The number of hydrogen-bond acceptors (Lipinski definition) is 4. The summed E-state index contributed by atoms with van der Waals surface area (Å²) in [6.07, 6.45) is 1.03. The van der Waals surface area contributed by atoms with Crippen molar-refractivity contribution >= 4 is 38.9 Å². The number of benzene rings is 3. The van der Waals surface area contributed by atoms with Gasteiger partial charge in [-0.25, -0.2) is 8.42 Å². The zero-order valence-corrected chi connectivity index (χ0v) is 17.2. The molecule has 6 nitrogen and oxygen atoms in total. The van der Waals surface area contributed by atoms with E-state index in [0.29, 0.717) is 17.2 Å². The van der Waals surface area contributed by atoms with Crippen molar-refractivity contribution in [2.75, 3.05) is 22.4 Å². The molecule has 0 aliphatic rings. The molecule has 3 aromatic carbocycles. The standard InChI is InChI=1S/C21H19ClN2O4S/c1-29(26,27)24(20-10-6-5-9-19(20)22)15-21(25)23-16-11-13-18(14-12-16)28-17-7-3-2-4-8-17/h2-14H,15H2,1H3,(H,23,25). The number of amides is 1. The maximum atomic E-state index is 12.4. The molecule has 1 amide bonds. The number of nitrogens with one attached hydrogen (secondary N) is 1. The van der Waals surface area contributed by atoms with Gasteiger partial charge in [-0.3, -0.25) is 9.10 Å². The van der Waals surface area contributed by atoms with Gasteiger partial charge in [0, 0.05) is 5.69 Å². The number of sulfonamides is 1. The van der Waals surface area contributed by atoms with Crippen molar-refractivity contribution in [2.24, 2.45) is 0 Å². The molecule has 3 aromatic rings. The lowest BCUT2D eigenvalue weighted by atomic mass is 10.3. The van der Waals surface area contributed by atoms with Crippen molar-refractivity contribution < 1.29 is 17.9 Å². The fraction of sp³-hybridized carbons (Fsp3) is 0.0952. The molecular formula is C21H19ClN2O4S. The van der Waals surface area contributed by atoms with E-state index in [1.54, 1.807) is 48.5 Å². The number of halogens is 1. The van der Waals surface area contributed by atoms with Gasteiger partial charge >= 0.3 is 0 Å². The van der Waals surface area contributed by atoms with Gasteiger partial charge in [-0.15, -0.1) is 0 Å². The summed E-state index contributed by atoms with van der Waals surface area (Å²) in [5.41, 5.74) is 0.765. The summed E-state index contributed by atoms with van der Waals surface area (Å²) in [6, 6.07) is 22.6. The molecule has 0 aliphatic carbocycles. The van der Waals surface area contributed by atoms with Gasteiger partial charge in [0.05, 0.1) is 17.0 Å². The van der Waals surface area contributed by atoms with Crippen LogP contribution in [0.5, 0.6) is 11.5 Å². The molecule has 0 aromatic heterocycles. The van der Waals surface area contributed by atoms with E-state index in [-0.39, 0.29) is 10.7 Å². The van der Waals surface area contributed by atoms with E-state index in [1.807, 2.05) is 30.3 Å². The van der Waals surface area contributed by atoms with E-state index in [1.165, 1.54) is 0 Å². The molecule has 0 saturated carbocycles. The fourth-order valence-corrected chi connectivity index (χ4v) is 3.75. The van der Waals surface area contributed by atoms with Gasteiger partial charge < -0.3 is 10.1 Å². The van der Waals surface area contributed by atoms with Gasteiger partial charge in [0.25, 0.3) is 0 Å². The maximum absolute atomic E-state index is 12.4. The Balaban J connectivity index is 1.68. The minimum absolute atomic E-state index is 0.244. The maximum Gasteiger partial charge on any atom is 0.245 e. The van der Waals surface area contributed by atoms with Crippen LogP contribution in [0.2, 0.25) is 5.02 Å². The summed E-state index contributed by atoms with van der Waals surface area (Å²) >= 11 is 6.10. The highest BCUT2D eigenvalue weighted by Gasteiger charge is 2.22. The first-order valence-electron chi connectivity index (χ1n) is 8.68. The van der Waals surface area contributed by atoms with Crippen LogP contribution >= 0.6 is 11.6 Å². The first-order chi connectivity index (χ1) is 13.8. The van der Waals surface area contributed by atoms with E-state index < -0.39 is 22.5 Å². The molecule has 0 radical (unpaired) electrons. The van der Waals surface area contributed by atoms with Crippen LogP contribution in [-0.2, 0) is 14.8 Å². The van der Waals surface area contributed by atoms with Crippen LogP contribution < -0.4 is 14.4 Å². The monoisotopic (exact) mass is 430 g/mol. The number of carbonyl (C=O) groups is 1. The number of carbonyl (C=O) groups excluding carboxylic acids is 1. The predicted molar refractivity (Wildman–Crippen MR) is 115 cm³/mol. The molecular weight excluding hydrogens is 412 g/mol. The molecule has 0 atom stereocenters. The average molecular weight is 431 g/mol. The third-order valence-electron chi connectivity index (χ3n) is 3.93. The molecule has 8 heteroatoms. The van der Waals surface area contributed by atoms with Gasteiger partial charge in [0.2, 0.25) is 15.9 Å². The number of nitrogens with zero attached hydrogens (tertiary/aromatic N) is 1. The van der Waals surface area contributed by atoms with Crippen molar-refractivity contribution in [2.45, 2.75) is 0 Å². The lowest BCUT2D eigenvalue weighted by Gasteiger charge is -2.22. The summed E-state index contributed by atoms with van der Waals surface area (Å²) in [5, 5.41) is 2.92. The second-order valence-corrected chi connectivity index (χ2v) is 8.52. The second kappa shape index (κ2) is 8.98. The minimum atomic E-state index is -3.70. The molecule has 150 valence electrons. The first kappa shape index (κ1) is 20.7. The minimum Gasteiger partial charge on any atom is -0.457 e. The lowest BCUT2D eigenvalue weighted by Crippen LogP contribution is -2.37. The van der Waals surface area contributed by atoms with Crippen LogP contribution in [-0.4, -0.2) is 27.1 Å². The zero-order chi connectivity index (χ0) is 20.9. The predicted octanol–water partition coefficient (Wildman–Crippen LogP) is 4.54. The van der Waals surface area contributed by atoms with E-state index in [0.717, 1.165) is 10.6 Å². The van der Waals surface area contributed by atoms with Gasteiger partial charge in [-0.2, -0.15) is 0 Å². The summed E-state index contributed by atoms with van der Waals surface area (Å²) < 4.78 is 31.0. The second-order valence-electron chi connectivity index (χ2n) is 6.21. The Hall–Kier alpha value is -3.03. The summed E-state index contributed by atoms with van der Waals surface area (Å²) in [5.74, 6) is 0.822. The van der Waals surface area contributed by atoms with E-state index in [9.17, 15) is 13.2 Å². The van der Waals surface area contributed by atoms with Gasteiger partial charge in [-0.1, -0.05) is 41.9 Å². The summed E-state index contributed by atoms with van der Waals surface area (Å²) in [6.45, 7) is -0.398. The summed E-state index contributed by atoms with van der Waals surface area (Å²) in [4.78, 5) is 12.4. The average Bonchev–Trinajstić information content (AvgIpc) is 2.68. The zero-order valence-electron chi connectivity index (χ0n) is 15.6. The Morgan fingerprint density at radius 3 is 2.14 bits per heavy atom. The van der Waals surface area contributed by atoms with Gasteiger partial charge in [0.1, 0.15) is 18.0 Å². The molecule has 29 heavy (non-hydrogen) atoms. The highest BCUT2D eigenvalue weighted by atomic mass is 35.5. The Morgan fingerprint density at radius 1 is 0.931 bits per heavy atom. The van der Waals surface area contributed by atoms with Crippen molar-refractivity contribution in [3.63, 3.8) is 0 Å². The van der Waals surface area contributed by atoms with Crippen LogP contribution in [0.25, 0.3) is 0 Å². The molecule has 0 heterocycles. The van der Waals surface area contributed by atoms with E-state index in [4.69, 9.17) is 16.3 Å². The smallest absolute Gasteiger partial charge is 0.245 e. The Kier molecular flexibility index (Phi) is 6.41. The molecule has 0 unspecified atom stereocenters. The van der Waals surface area contributed by atoms with Crippen LogP contribution in [0.3, 0.4) is 0 Å². The third kappa shape index (κ3) is 5.73. The van der Waals surface area contributed by atoms with Crippen LogP contribution in [0.1, 0.15) is 0 Å². The van der Waals surface area contributed by atoms with Gasteiger partial charge in [-0.05, 0) is 48.5 Å². The fourth-order valence-electron chi connectivity index (χ4n) is 2.60. The van der Waals surface area contributed by atoms with Gasteiger partial charge in [0.15, 0.2) is 0 Å². The van der Waals surface area contributed by atoms with E-state index in [2.05, 4.69) is 5.32 Å². The number of anilines is 2. The third-order valence-corrected chi connectivity index (χ3v) is 5.37. The topological polar surface area (TPSA) is 75.7 Å². The van der Waals surface area contributed by atoms with Crippen molar-refractivity contribution in [1.29, 1.82) is 0 Å². The first-order valence-corrected chi connectivity index (χ1v) is 10.9. The van der Waals surface area contributed by atoms with Crippen molar-refractivity contribution in [3.05, 3.63) is 83.9 Å². The highest BCUT2D eigenvalue weighted by molar-refractivity contribution is 7.92.